The maximum atomic E-state index is 12.9. The molecule has 2 N–H and O–H groups in total. The zero-order valence-electron chi connectivity index (χ0n) is 11.5. The molecule has 0 radical (unpaired) electrons. The predicted octanol–water partition coefficient (Wildman–Crippen LogP) is 2.29. The number of nitrogens with two attached hydrogens (primary N) is 1. The van der Waals surface area contributed by atoms with Crippen molar-refractivity contribution in [1.82, 2.24) is 4.90 Å². The van der Waals surface area contributed by atoms with Crippen molar-refractivity contribution in [1.29, 1.82) is 0 Å². The third-order valence-corrected chi connectivity index (χ3v) is 4.67. The van der Waals surface area contributed by atoms with Gasteiger partial charge in [-0.15, -0.1) is 0 Å². The monoisotopic (exact) mass is 262 g/mol. The molecule has 0 bridgehead atoms. The third kappa shape index (κ3) is 2.29. The average Bonchev–Trinajstić information content (AvgIpc) is 3.00. The van der Waals surface area contributed by atoms with Crippen LogP contribution in [0.3, 0.4) is 0 Å². The van der Waals surface area contributed by atoms with Gasteiger partial charge in [0.1, 0.15) is 5.76 Å². The second-order valence-electron chi connectivity index (χ2n) is 6.16. The molecule has 2 saturated carbocycles. The highest BCUT2D eigenvalue weighted by atomic mass is 16.3. The van der Waals surface area contributed by atoms with E-state index in [1.165, 1.54) is 0 Å². The molecular weight excluding hydrogens is 240 g/mol. The number of hydrogen-bond donors (Lipinski definition) is 1. The normalized spacial score (nSPS) is 30.5. The smallest absolute Gasteiger partial charge is 0.230 e. The van der Waals surface area contributed by atoms with Gasteiger partial charge in [-0.1, -0.05) is 6.42 Å². The first-order valence-corrected chi connectivity index (χ1v) is 7.20. The molecule has 0 aliphatic heterocycles. The Bertz CT molecular complexity index is 453. The Morgan fingerprint density at radius 3 is 2.84 bits per heavy atom. The van der Waals surface area contributed by atoms with Crippen molar-refractivity contribution < 1.29 is 9.21 Å². The summed E-state index contributed by atoms with van der Waals surface area (Å²) in [7, 11) is 0. The van der Waals surface area contributed by atoms with Gasteiger partial charge in [0, 0.05) is 12.1 Å². The molecular formula is C15H22N2O2. The van der Waals surface area contributed by atoms with Crippen LogP contribution in [0.15, 0.2) is 22.8 Å². The van der Waals surface area contributed by atoms with Crippen LogP contribution >= 0.6 is 0 Å². The molecule has 0 aromatic carbocycles. The summed E-state index contributed by atoms with van der Waals surface area (Å²) in [6.45, 7) is 2.61. The van der Waals surface area contributed by atoms with Gasteiger partial charge in [-0.25, -0.2) is 0 Å². The van der Waals surface area contributed by atoms with E-state index in [-0.39, 0.29) is 17.4 Å². The first-order valence-electron chi connectivity index (χ1n) is 7.20. The molecule has 4 heteroatoms. The summed E-state index contributed by atoms with van der Waals surface area (Å²) in [6, 6.07) is 4.19. The van der Waals surface area contributed by atoms with Crippen molar-refractivity contribution in [2.45, 2.75) is 57.7 Å². The molecule has 0 saturated heterocycles. The molecule has 2 fully saturated rings. The third-order valence-electron chi connectivity index (χ3n) is 4.67. The zero-order chi connectivity index (χ0) is 13.5. The lowest BCUT2D eigenvalue weighted by molar-refractivity contribution is -0.143. The van der Waals surface area contributed by atoms with Crippen molar-refractivity contribution in [3.05, 3.63) is 24.2 Å². The Hall–Kier alpha value is -1.29. The first-order chi connectivity index (χ1) is 9.11. The molecule has 1 aromatic heterocycles. The molecule has 3 rings (SSSR count). The van der Waals surface area contributed by atoms with Gasteiger partial charge in [-0.2, -0.15) is 0 Å². The topological polar surface area (TPSA) is 59.5 Å². The van der Waals surface area contributed by atoms with Crippen molar-refractivity contribution >= 4 is 5.91 Å². The van der Waals surface area contributed by atoms with E-state index in [0.29, 0.717) is 12.6 Å². The molecule has 2 unspecified atom stereocenters. The maximum absolute atomic E-state index is 12.9. The van der Waals surface area contributed by atoms with Crippen LogP contribution < -0.4 is 5.73 Å². The minimum absolute atomic E-state index is 0.00199. The number of rotatable bonds is 4. The molecule has 0 spiro atoms. The highest BCUT2D eigenvalue weighted by molar-refractivity contribution is 5.84. The lowest BCUT2D eigenvalue weighted by Gasteiger charge is -2.34. The van der Waals surface area contributed by atoms with Crippen LogP contribution in [0.1, 0.15) is 44.8 Å². The van der Waals surface area contributed by atoms with Gasteiger partial charge in [-0.05, 0) is 44.7 Å². The second kappa shape index (κ2) is 4.67. The van der Waals surface area contributed by atoms with E-state index in [2.05, 4.69) is 0 Å². The van der Waals surface area contributed by atoms with Gasteiger partial charge in [0.2, 0.25) is 5.91 Å². The summed E-state index contributed by atoms with van der Waals surface area (Å²) in [5.41, 5.74) is 5.80. The summed E-state index contributed by atoms with van der Waals surface area (Å²) in [5, 5.41) is 0. The van der Waals surface area contributed by atoms with Gasteiger partial charge in [0.05, 0.1) is 18.2 Å². The molecule has 1 aromatic rings. The van der Waals surface area contributed by atoms with Gasteiger partial charge in [0.15, 0.2) is 0 Å². The number of furan rings is 1. The fraction of sp³-hybridized carbons (Fsp3) is 0.667. The van der Waals surface area contributed by atoms with Crippen LogP contribution in [-0.2, 0) is 11.3 Å². The largest absolute Gasteiger partial charge is 0.467 e. The average molecular weight is 262 g/mol. The summed E-state index contributed by atoms with van der Waals surface area (Å²) >= 11 is 0. The fourth-order valence-corrected chi connectivity index (χ4v) is 3.11. The van der Waals surface area contributed by atoms with Crippen LogP contribution in [0.2, 0.25) is 0 Å². The summed E-state index contributed by atoms with van der Waals surface area (Å²) < 4.78 is 5.39. The number of hydrogen-bond acceptors (Lipinski definition) is 3. The zero-order valence-corrected chi connectivity index (χ0v) is 11.5. The molecule has 19 heavy (non-hydrogen) atoms. The first kappa shape index (κ1) is 12.7. The van der Waals surface area contributed by atoms with Crippen LogP contribution in [0, 0.1) is 5.41 Å². The van der Waals surface area contributed by atoms with Crippen molar-refractivity contribution in [3.63, 3.8) is 0 Å². The van der Waals surface area contributed by atoms with Crippen molar-refractivity contribution in [2.24, 2.45) is 11.1 Å². The van der Waals surface area contributed by atoms with Crippen LogP contribution in [-0.4, -0.2) is 22.9 Å². The molecule has 2 aliphatic carbocycles. The Morgan fingerprint density at radius 1 is 1.53 bits per heavy atom. The lowest BCUT2D eigenvalue weighted by Crippen LogP contribution is -2.49. The molecule has 2 atom stereocenters. The molecule has 1 amide bonds. The number of carbonyl (C=O) groups is 1. The molecule has 1 heterocycles. The van der Waals surface area contributed by atoms with E-state index in [9.17, 15) is 4.79 Å². The maximum Gasteiger partial charge on any atom is 0.230 e. The quantitative estimate of drug-likeness (QED) is 0.905. The Kier molecular flexibility index (Phi) is 3.13. The standard InChI is InChI=1S/C15H22N2O2/c1-15(8-2-5-13(15)16)14(18)17(11-6-7-11)10-12-4-3-9-19-12/h3-4,9,11,13H,2,5-8,10,16H2,1H3. The Labute approximate surface area is 113 Å². The predicted molar refractivity (Wildman–Crippen MR) is 72.2 cm³/mol. The lowest BCUT2D eigenvalue weighted by atomic mass is 9.83. The molecule has 2 aliphatic rings. The van der Waals surface area contributed by atoms with Gasteiger partial charge >= 0.3 is 0 Å². The van der Waals surface area contributed by atoms with Gasteiger partial charge in [0.25, 0.3) is 0 Å². The van der Waals surface area contributed by atoms with Crippen molar-refractivity contribution in [2.75, 3.05) is 0 Å². The van der Waals surface area contributed by atoms with Crippen molar-refractivity contribution in [3.8, 4) is 0 Å². The summed E-state index contributed by atoms with van der Waals surface area (Å²) in [6.07, 6.45) is 6.81. The van der Waals surface area contributed by atoms with Crippen LogP contribution in [0.4, 0.5) is 0 Å². The van der Waals surface area contributed by atoms with E-state index < -0.39 is 0 Å². The SMILES string of the molecule is CC1(C(=O)N(Cc2ccco2)C2CC2)CCCC1N. The van der Waals surface area contributed by atoms with Gasteiger partial charge in [-0.3, -0.25) is 4.79 Å². The van der Waals surface area contributed by atoms with Gasteiger partial charge < -0.3 is 15.1 Å². The fourth-order valence-electron chi connectivity index (χ4n) is 3.11. The van der Waals surface area contributed by atoms with Crippen LogP contribution in [0.5, 0.6) is 0 Å². The minimum Gasteiger partial charge on any atom is -0.467 e. The summed E-state index contributed by atoms with van der Waals surface area (Å²) in [4.78, 5) is 14.9. The number of amides is 1. The van der Waals surface area contributed by atoms with E-state index in [4.69, 9.17) is 10.2 Å². The molecule has 4 nitrogen and oxygen atoms in total. The Morgan fingerprint density at radius 2 is 2.32 bits per heavy atom. The second-order valence-corrected chi connectivity index (χ2v) is 6.16. The number of carbonyl (C=O) groups excluding carboxylic acids is 1. The van der Waals surface area contributed by atoms with E-state index >= 15 is 0 Å². The number of nitrogens with zero attached hydrogens (tertiary/aromatic N) is 1. The van der Waals surface area contributed by atoms with Crippen LogP contribution in [0.25, 0.3) is 0 Å². The highest BCUT2D eigenvalue weighted by Gasteiger charge is 2.48. The Balaban J connectivity index is 1.78. The molecule has 104 valence electrons. The highest BCUT2D eigenvalue weighted by Crippen LogP contribution is 2.41. The van der Waals surface area contributed by atoms with E-state index in [1.807, 2.05) is 24.0 Å². The summed E-state index contributed by atoms with van der Waals surface area (Å²) in [5.74, 6) is 1.08. The minimum atomic E-state index is -0.380. The van der Waals surface area contributed by atoms with E-state index in [1.54, 1.807) is 6.26 Å². The van der Waals surface area contributed by atoms with E-state index in [0.717, 1.165) is 37.9 Å².